The number of thioether (sulfide) groups is 1. The van der Waals surface area contributed by atoms with Crippen LogP contribution in [0.5, 0.6) is 0 Å². The summed E-state index contributed by atoms with van der Waals surface area (Å²) in [6.45, 7) is 5.36. The van der Waals surface area contributed by atoms with Crippen LogP contribution in [0.2, 0.25) is 0 Å². The highest BCUT2D eigenvalue weighted by Gasteiger charge is 2.01. The molecule has 1 aromatic heterocycles. The average molecular weight is 230 g/mol. The van der Waals surface area contributed by atoms with Crippen LogP contribution in [-0.2, 0) is 6.54 Å². The van der Waals surface area contributed by atoms with Crippen molar-refractivity contribution in [2.24, 2.45) is 0 Å². The molecule has 1 atom stereocenters. The fraction of sp³-hybridized carbons (Fsp3) is 0.700. The van der Waals surface area contributed by atoms with Gasteiger partial charge in [-0.2, -0.15) is 11.8 Å². The van der Waals surface area contributed by atoms with Gasteiger partial charge in [0.25, 0.3) is 0 Å². The van der Waals surface area contributed by atoms with E-state index in [9.17, 15) is 0 Å². The summed E-state index contributed by atoms with van der Waals surface area (Å²) in [6, 6.07) is 0.595. The van der Waals surface area contributed by atoms with Crippen LogP contribution in [0, 0.1) is 0 Å². The van der Waals surface area contributed by atoms with Gasteiger partial charge in [-0.15, -0.1) is 11.3 Å². The van der Waals surface area contributed by atoms with E-state index in [1.807, 2.05) is 23.3 Å². The van der Waals surface area contributed by atoms with E-state index in [2.05, 4.69) is 24.1 Å². The van der Waals surface area contributed by atoms with E-state index in [4.69, 9.17) is 0 Å². The van der Waals surface area contributed by atoms with E-state index in [0.29, 0.717) is 6.04 Å². The molecule has 0 saturated carbocycles. The predicted molar refractivity (Wildman–Crippen MR) is 66.0 cm³/mol. The van der Waals surface area contributed by atoms with Gasteiger partial charge >= 0.3 is 0 Å². The molecule has 0 bridgehead atoms. The molecule has 4 heteroatoms. The number of aromatic nitrogens is 1. The van der Waals surface area contributed by atoms with Gasteiger partial charge in [-0.25, -0.2) is 4.98 Å². The first-order chi connectivity index (χ1) is 6.83. The van der Waals surface area contributed by atoms with Crippen molar-refractivity contribution >= 4 is 23.1 Å². The van der Waals surface area contributed by atoms with Crippen LogP contribution in [0.15, 0.2) is 11.6 Å². The maximum atomic E-state index is 4.24. The quantitative estimate of drug-likeness (QED) is 0.729. The van der Waals surface area contributed by atoms with Crippen molar-refractivity contribution < 1.29 is 0 Å². The van der Waals surface area contributed by atoms with Gasteiger partial charge in [0, 0.05) is 24.2 Å². The molecule has 0 spiro atoms. The number of rotatable bonds is 7. The predicted octanol–water partition coefficient (Wildman–Crippen LogP) is 2.76. The summed E-state index contributed by atoms with van der Waals surface area (Å²) in [4.78, 5) is 4.24. The largest absolute Gasteiger partial charge is 0.308 e. The van der Waals surface area contributed by atoms with E-state index in [1.165, 1.54) is 22.9 Å². The topological polar surface area (TPSA) is 24.9 Å². The number of hydrogen-bond donors (Lipinski definition) is 1. The minimum atomic E-state index is 0.595. The van der Waals surface area contributed by atoms with Gasteiger partial charge in [0.15, 0.2) is 0 Å². The minimum Gasteiger partial charge on any atom is -0.308 e. The van der Waals surface area contributed by atoms with E-state index >= 15 is 0 Å². The third-order valence-corrected chi connectivity index (χ3v) is 3.70. The van der Waals surface area contributed by atoms with Crippen molar-refractivity contribution in [2.75, 3.05) is 11.5 Å². The molecule has 0 aliphatic carbocycles. The first-order valence-electron chi connectivity index (χ1n) is 5.02. The zero-order chi connectivity index (χ0) is 10.2. The Bertz CT molecular complexity index is 224. The van der Waals surface area contributed by atoms with Gasteiger partial charge in [0.1, 0.15) is 5.01 Å². The molecule has 1 N–H and O–H groups in total. The summed E-state index contributed by atoms with van der Waals surface area (Å²) < 4.78 is 0. The molecule has 0 radical (unpaired) electrons. The number of nitrogens with one attached hydrogen (secondary N) is 1. The van der Waals surface area contributed by atoms with Gasteiger partial charge in [0.2, 0.25) is 0 Å². The molecule has 1 rings (SSSR count). The Morgan fingerprint density at radius 1 is 1.64 bits per heavy atom. The van der Waals surface area contributed by atoms with Crippen LogP contribution in [0.25, 0.3) is 0 Å². The van der Waals surface area contributed by atoms with Gasteiger partial charge < -0.3 is 5.32 Å². The molecule has 0 fully saturated rings. The molecule has 0 aliphatic rings. The van der Waals surface area contributed by atoms with Crippen molar-refractivity contribution in [1.82, 2.24) is 10.3 Å². The minimum absolute atomic E-state index is 0.595. The Balaban J connectivity index is 2.06. The van der Waals surface area contributed by atoms with Gasteiger partial charge in [-0.3, -0.25) is 0 Å². The summed E-state index contributed by atoms with van der Waals surface area (Å²) in [7, 11) is 0. The Hall–Kier alpha value is -0.0600. The standard InChI is InChI=1S/C10H18N2S2/c1-3-13-6-4-9(2)12-8-10-11-5-7-14-10/h5,7,9,12H,3-4,6,8H2,1-2H3. The summed E-state index contributed by atoms with van der Waals surface area (Å²) in [5.74, 6) is 2.47. The molecule has 0 saturated heterocycles. The molecular formula is C10H18N2S2. The smallest absolute Gasteiger partial charge is 0.106 e. The molecule has 1 unspecified atom stereocenters. The van der Waals surface area contributed by atoms with E-state index < -0.39 is 0 Å². The number of thiazole rings is 1. The fourth-order valence-corrected chi connectivity index (χ4v) is 2.48. The van der Waals surface area contributed by atoms with Crippen molar-refractivity contribution in [3.8, 4) is 0 Å². The SMILES string of the molecule is CCSCCC(C)NCc1nccs1. The highest BCUT2D eigenvalue weighted by molar-refractivity contribution is 7.99. The van der Waals surface area contributed by atoms with Gasteiger partial charge in [-0.05, 0) is 24.9 Å². The van der Waals surface area contributed by atoms with Crippen LogP contribution in [0.4, 0.5) is 0 Å². The van der Waals surface area contributed by atoms with Gasteiger partial charge in [-0.1, -0.05) is 6.92 Å². The fourth-order valence-electron chi connectivity index (χ4n) is 1.11. The highest BCUT2D eigenvalue weighted by atomic mass is 32.2. The van der Waals surface area contributed by atoms with Crippen LogP contribution < -0.4 is 5.32 Å². The lowest BCUT2D eigenvalue weighted by atomic mass is 10.2. The Kier molecular flexibility index (Phi) is 6.23. The van der Waals surface area contributed by atoms with Crippen molar-refractivity contribution in [3.05, 3.63) is 16.6 Å². The number of hydrogen-bond acceptors (Lipinski definition) is 4. The van der Waals surface area contributed by atoms with E-state index in [0.717, 1.165) is 6.54 Å². The number of nitrogens with zero attached hydrogens (tertiary/aromatic N) is 1. The second-order valence-corrected chi connectivity index (χ2v) is 5.57. The third-order valence-electron chi connectivity index (χ3n) is 1.98. The van der Waals surface area contributed by atoms with Gasteiger partial charge in [0.05, 0.1) is 0 Å². The normalized spacial score (nSPS) is 13.0. The lowest BCUT2D eigenvalue weighted by Crippen LogP contribution is -2.25. The zero-order valence-corrected chi connectivity index (χ0v) is 10.5. The monoisotopic (exact) mass is 230 g/mol. The molecule has 2 nitrogen and oxygen atoms in total. The Morgan fingerprint density at radius 2 is 2.50 bits per heavy atom. The summed E-state index contributed by atoms with van der Waals surface area (Å²) in [6.07, 6.45) is 3.10. The molecule has 0 aromatic carbocycles. The maximum absolute atomic E-state index is 4.24. The maximum Gasteiger partial charge on any atom is 0.106 e. The van der Waals surface area contributed by atoms with Crippen molar-refractivity contribution in [2.45, 2.75) is 32.9 Å². The highest BCUT2D eigenvalue weighted by Crippen LogP contribution is 2.06. The molecule has 0 aliphatic heterocycles. The van der Waals surface area contributed by atoms with Crippen LogP contribution >= 0.6 is 23.1 Å². The van der Waals surface area contributed by atoms with Crippen LogP contribution in [-0.4, -0.2) is 22.5 Å². The van der Waals surface area contributed by atoms with Crippen LogP contribution in [0.1, 0.15) is 25.3 Å². The van der Waals surface area contributed by atoms with E-state index in [1.54, 1.807) is 11.3 Å². The lowest BCUT2D eigenvalue weighted by molar-refractivity contribution is 0.536. The first-order valence-corrected chi connectivity index (χ1v) is 7.06. The first kappa shape index (κ1) is 12.0. The summed E-state index contributed by atoms with van der Waals surface area (Å²) in [5.41, 5.74) is 0. The average Bonchev–Trinajstić information content (AvgIpc) is 2.68. The van der Waals surface area contributed by atoms with Crippen molar-refractivity contribution in [1.29, 1.82) is 0 Å². The molecule has 14 heavy (non-hydrogen) atoms. The van der Waals surface area contributed by atoms with E-state index in [-0.39, 0.29) is 0 Å². The third kappa shape index (κ3) is 4.98. The van der Waals surface area contributed by atoms with Crippen LogP contribution in [0.3, 0.4) is 0 Å². The summed E-state index contributed by atoms with van der Waals surface area (Å²) in [5, 5.41) is 6.68. The zero-order valence-electron chi connectivity index (χ0n) is 8.82. The molecule has 80 valence electrons. The molecule has 1 aromatic rings. The second kappa shape index (κ2) is 7.26. The molecule has 1 heterocycles. The Labute approximate surface area is 94.5 Å². The van der Waals surface area contributed by atoms with Crippen molar-refractivity contribution in [3.63, 3.8) is 0 Å². The molecular weight excluding hydrogens is 212 g/mol. The lowest BCUT2D eigenvalue weighted by Gasteiger charge is -2.11. The Morgan fingerprint density at radius 3 is 3.14 bits per heavy atom. The summed E-state index contributed by atoms with van der Waals surface area (Å²) >= 11 is 3.72. The second-order valence-electron chi connectivity index (χ2n) is 3.19. The molecule has 0 amide bonds.